The molecule has 0 heterocycles. The Bertz CT molecular complexity index is 731. The van der Waals surface area contributed by atoms with Crippen molar-refractivity contribution >= 4 is 52.4 Å². The third-order valence-electron chi connectivity index (χ3n) is 2.66. The van der Waals surface area contributed by atoms with Crippen LogP contribution in [0.1, 0.15) is 20.7 Å². The van der Waals surface area contributed by atoms with Crippen LogP contribution >= 0.6 is 34.8 Å². The average Bonchev–Trinajstić information content (AvgIpc) is 2.43. The summed E-state index contributed by atoms with van der Waals surface area (Å²) in [6.45, 7) is 0. The van der Waals surface area contributed by atoms with Crippen molar-refractivity contribution in [1.29, 1.82) is 0 Å². The molecule has 0 atom stereocenters. The lowest BCUT2D eigenvalue weighted by Gasteiger charge is -2.09. The molecule has 4 nitrogen and oxygen atoms in total. The van der Waals surface area contributed by atoms with E-state index in [0.717, 1.165) is 0 Å². The minimum absolute atomic E-state index is 0.0267. The summed E-state index contributed by atoms with van der Waals surface area (Å²) in [4.78, 5) is 22.9. The van der Waals surface area contributed by atoms with E-state index in [9.17, 15) is 9.59 Å². The molecule has 0 aliphatic heterocycles. The van der Waals surface area contributed by atoms with E-state index in [4.69, 9.17) is 39.9 Å². The lowest BCUT2D eigenvalue weighted by Crippen LogP contribution is -2.13. The number of hydrogen-bond donors (Lipinski definition) is 2. The van der Waals surface area contributed by atoms with Crippen molar-refractivity contribution in [2.75, 3.05) is 5.32 Å². The Kier molecular flexibility index (Phi) is 4.73. The van der Waals surface area contributed by atoms with E-state index in [1.54, 1.807) is 12.1 Å². The van der Waals surface area contributed by atoms with Crippen LogP contribution in [0.15, 0.2) is 36.4 Å². The summed E-state index contributed by atoms with van der Waals surface area (Å²) in [7, 11) is 0. The fourth-order valence-corrected chi connectivity index (χ4v) is 2.23. The van der Waals surface area contributed by atoms with Gasteiger partial charge in [-0.2, -0.15) is 0 Å². The van der Waals surface area contributed by atoms with Gasteiger partial charge in [-0.1, -0.05) is 40.9 Å². The molecule has 2 aromatic carbocycles. The fourth-order valence-electron chi connectivity index (χ4n) is 1.62. The number of amides is 1. The second-order valence-electron chi connectivity index (χ2n) is 4.06. The number of hydrogen-bond acceptors (Lipinski definition) is 2. The van der Waals surface area contributed by atoms with Gasteiger partial charge in [0, 0.05) is 0 Å². The third kappa shape index (κ3) is 3.47. The molecule has 2 N–H and O–H groups in total. The molecule has 0 aliphatic rings. The molecule has 108 valence electrons. The predicted molar refractivity (Wildman–Crippen MR) is 82.8 cm³/mol. The Hall–Kier alpha value is -1.75. The van der Waals surface area contributed by atoms with Gasteiger partial charge in [-0.15, -0.1) is 0 Å². The summed E-state index contributed by atoms with van der Waals surface area (Å²) in [6.07, 6.45) is 0. The number of carboxylic acids is 1. The first-order valence-corrected chi connectivity index (χ1v) is 6.81. The standard InChI is InChI=1S/C14H8Cl3NO3/c15-9-3-1-2-8(12(9)17)13(19)18-11-5-4-7(14(20)21)6-10(11)16/h1-6H,(H,18,19)(H,20,21). The zero-order valence-electron chi connectivity index (χ0n) is 10.4. The summed E-state index contributed by atoms with van der Waals surface area (Å²) in [5.41, 5.74) is 0.504. The highest BCUT2D eigenvalue weighted by molar-refractivity contribution is 6.44. The number of anilines is 1. The minimum Gasteiger partial charge on any atom is -0.478 e. The summed E-state index contributed by atoms with van der Waals surface area (Å²) in [5.74, 6) is -1.60. The molecule has 7 heteroatoms. The fraction of sp³-hybridized carbons (Fsp3) is 0. The molecular formula is C14H8Cl3NO3. The van der Waals surface area contributed by atoms with Crippen LogP contribution in [0.5, 0.6) is 0 Å². The number of carbonyl (C=O) groups excluding carboxylic acids is 1. The number of rotatable bonds is 3. The van der Waals surface area contributed by atoms with Crippen molar-refractivity contribution in [1.82, 2.24) is 0 Å². The third-order valence-corrected chi connectivity index (χ3v) is 3.79. The van der Waals surface area contributed by atoms with Gasteiger partial charge in [-0.3, -0.25) is 4.79 Å². The smallest absolute Gasteiger partial charge is 0.335 e. The molecular weight excluding hydrogens is 337 g/mol. The van der Waals surface area contributed by atoms with Gasteiger partial charge in [-0.05, 0) is 30.3 Å². The predicted octanol–water partition coefficient (Wildman–Crippen LogP) is 4.60. The van der Waals surface area contributed by atoms with Crippen LogP contribution < -0.4 is 5.32 Å². The number of carboxylic acid groups (broad SMARTS) is 1. The highest BCUT2D eigenvalue weighted by Crippen LogP contribution is 2.28. The molecule has 0 unspecified atom stereocenters. The molecule has 0 aromatic heterocycles. The molecule has 0 bridgehead atoms. The maximum absolute atomic E-state index is 12.1. The first-order chi connectivity index (χ1) is 9.90. The van der Waals surface area contributed by atoms with Gasteiger partial charge in [0.05, 0.1) is 31.9 Å². The van der Waals surface area contributed by atoms with Crippen LogP contribution in [-0.2, 0) is 0 Å². The Morgan fingerprint density at radius 3 is 2.33 bits per heavy atom. The van der Waals surface area contributed by atoms with E-state index in [1.807, 2.05) is 0 Å². The summed E-state index contributed by atoms with van der Waals surface area (Å²) < 4.78 is 0. The van der Waals surface area contributed by atoms with Gasteiger partial charge in [0.15, 0.2) is 0 Å². The quantitative estimate of drug-likeness (QED) is 0.855. The highest BCUT2D eigenvalue weighted by atomic mass is 35.5. The van der Waals surface area contributed by atoms with Crippen LogP contribution in [0.3, 0.4) is 0 Å². The Morgan fingerprint density at radius 1 is 1.00 bits per heavy atom. The Morgan fingerprint density at radius 2 is 1.71 bits per heavy atom. The molecule has 0 saturated heterocycles. The van der Waals surface area contributed by atoms with Crippen molar-refractivity contribution in [3.05, 3.63) is 62.6 Å². The zero-order valence-corrected chi connectivity index (χ0v) is 12.6. The Balaban J connectivity index is 2.28. The van der Waals surface area contributed by atoms with Gasteiger partial charge in [0.2, 0.25) is 0 Å². The van der Waals surface area contributed by atoms with Crippen LogP contribution in [0, 0.1) is 0 Å². The monoisotopic (exact) mass is 343 g/mol. The van der Waals surface area contributed by atoms with Gasteiger partial charge in [0.1, 0.15) is 0 Å². The summed E-state index contributed by atoms with van der Waals surface area (Å²) in [5, 5.41) is 11.9. The van der Waals surface area contributed by atoms with E-state index in [0.29, 0.717) is 0 Å². The van der Waals surface area contributed by atoms with Gasteiger partial charge >= 0.3 is 5.97 Å². The molecule has 2 aromatic rings. The van der Waals surface area contributed by atoms with Gasteiger partial charge in [0.25, 0.3) is 5.91 Å². The lowest BCUT2D eigenvalue weighted by molar-refractivity contribution is 0.0696. The maximum Gasteiger partial charge on any atom is 0.335 e. The summed E-state index contributed by atoms with van der Waals surface area (Å²) in [6, 6.07) is 8.67. The second-order valence-corrected chi connectivity index (χ2v) is 5.25. The van der Waals surface area contributed by atoms with E-state index in [1.165, 1.54) is 24.3 Å². The van der Waals surface area contributed by atoms with Crippen LogP contribution in [0.4, 0.5) is 5.69 Å². The second kappa shape index (κ2) is 6.35. The SMILES string of the molecule is O=C(O)c1ccc(NC(=O)c2cccc(Cl)c2Cl)c(Cl)c1. The van der Waals surface area contributed by atoms with E-state index in [2.05, 4.69) is 5.32 Å². The molecule has 0 radical (unpaired) electrons. The number of halogens is 3. The molecule has 2 rings (SSSR count). The molecule has 0 aliphatic carbocycles. The Labute approximate surface area is 135 Å². The number of benzene rings is 2. The van der Waals surface area contributed by atoms with Crippen molar-refractivity contribution in [2.45, 2.75) is 0 Å². The largest absolute Gasteiger partial charge is 0.478 e. The topological polar surface area (TPSA) is 66.4 Å². The number of nitrogens with one attached hydrogen (secondary N) is 1. The highest BCUT2D eigenvalue weighted by Gasteiger charge is 2.15. The first kappa shape index (κ1) is 15.6. The zero-order chi connectivity index (χ0) is 15.6. The summed E-state index contributed by atoms with van der Waals surface area (Å²) >= 11 is 17.7. The number of aromatic carboxylic acids is 1. The molecule has 0 saturated carbocycles. The van der Waals surface area contributed by atoms with Gasteiger partial charge < -0.3 is 10.4 Å². The molecule has 0 fully saturated rings. The first-order valence-electron chi connectivity index (χ1n) is 5.68. The van der Waals surface area contributed by atoms with Crippen molar-refractivity contribution in [3.8, 4) is 0 Å². The van der Waals surface area contributed by atoms with E-state index >= 15 is 0 Å². The van der Waals surface area contributed by atoms with E-state index < -0.39 is 11.9 Å². The maximum atomic E-state index is 12.1. The molecule has 1 amide bonds. The minimum atomic E-state index is -1.10. The lowest BCUT2D eigenvalue weighted by atomic mass is 10.2. The average molecular weight is 345 g/mol. The number of carbonyl (C=O) groups is 2. The van der Waals surface area contributed by atoms with Crippen molar-refractivity contribution < 1.29 is 14.7 Å². The van der Waals surface area contributed by atoms with E-state index in [-0.39, 0.29) is 31.9 Å². The van der Waals surface area contributed by atoms with Crippen LogP contribution in [0.2, 0.25) is 15.1 Å². The van der Waals surface area contributed by atoms with Crippen LogP contribution in [0.25, 0.3) is 0 Å². The van der Waals surface area contributed by atoms with Crippen LogP contribution in [-0.4, -0.2) is 17.0 Å². The van der Waals surface area contributed by atoms with Crippen molar-refractivity contribution in [3.63, 3.8) is 0 Å². The molecule has 21 heavy (non-hydrogen) atoms. The van der Waals surface area contributed by atoms with Crippen molar-refractivity contribution in [2.24, 2.45) is 0 Å². The molecule has 0 spiro atoms. The normalized spacial score (nSPS) is 10.2. The van der Waals surface area contributed by atoms with Gasteiger partial charge in [-0.25, -0.2) is 4.79 Å².